The summed E-state index contributed by atoms with van der Waals surface area (Å²) in [7, 11) is -4.39. The summed E-state index contributed by atoms with van der Waals surface area (Å²) in [5.74, 6) is -0.834. The second-order valence-electron chi connectivity index (χ2n) is 22.3. The van der Waals surface area contributed by atoms with Gasteiger partial charge in [-0.15, -0.1) is 0 Å². The Hall–Kier alpha value is -1.77. The highest BCUT2D eigenvalue weighted by Gasteiger charge is 2.26. The van der Waals surface area contributed by atoms with Crippen molar-refractivity contribution in [1.29, 1.82) is 0 Å². The Morgan fingerprint density at radius 3 is 1.08 bits per heavy atom. The Balaban J connectivity index is 3.69. The van der Waals surface area contributed by atoms with Crippen LogP contribution in [-0.4, -0.2) is 49.3 Å². The van der Waals surface area contributed by atoms with Crippen LogP contribution in [0.3, 0.4) is 0 Å². The molecule has 2 unspecified atom stereocenters. The largest absolute Gasteiger partial charge is 0.472 e. The van der Waals surface area contributed by atoms with Crippen molar-refractivity contribution < 1.29 is 37.6 Å². The lowest BCUT2D eigenvalue weighted by atomic mass is 10.0. The average Bonchev–Trinajstić information content (AvgIpc) is 3.41. The van der Waals surface area contributed by atoms with Crippen molar-refractivity contribution in [3.63, 3.8) is 0 Å². The maximum Gasteiger partial charge on any atom is 0.472 e. The predicted molar refractivity (Wildman–Crippen MR) is 326 cm³/mol. The lowest BCUT2D eigenvalue weighted by Gasteiger charge is -2.19. The quantitative estimate of drug-likeness (QED) is 0.0264. The maximum absolute atomic E-state index is 12.7. The first-order valence-corrected chi connectivity index (χ1v) is 34.5. The van der Waals surface area contributed by atoms with E-state index in [9.17, 15) is 19.0 Å². The maximum atomic E-state index is 12.7. The van der Waals surface area contributed by atoms with E-state index in [1.165, 1.54) is 238 Å². The van der Waals surface area contributed by atoms with Crippen molar-refractivity contribution in [3.8, 4) is 0 Å². The van der Waals surface area contributed by atoms with Crippen LogP contribution in [0.5, 0.6) is 0 Å². The fourth-order valence-electron chi connectivity index (χ4n) is 9.95. The number of hydrogen-bond acceptors (Lipinski definition) is 8. The van der Waals surface area contributed by atoms with Gasteiger partial charge in [-0.2, -0.15) is 0 Å². The number of esters is 2. The third-order valence-corrected chi connectivity index (χ3v) is 15.8. The minimum Gasteiger partial charge on any atom is -0.462 e. The molecule has 0 aromatic heterocycles. The number of rotatable bonds is 63. The van der Waals surface area contributed by atoms with Crippen LogP contribution in [0.1, 0.15) is 341 Å². The van der Waals surface area contributed by atoms with Gasteiger partial charge >= 0.3 is 19.8 Å². The lowest BCUT2D eigenvalue weighted by Crippen LogP contribution is -2.29. The number of phosphoric acid groups is 1. The van der Waals surface area contributed by atoms with Crippen LogP contribution in [-0.2, 0) is 32.7 Å². The van der Waals surface area contributed by atoms with Gasteiger partial charge in [-0.25, -0.2) is 4.57 Å². The number of allylic oxidation sites excluding steroid dienone is 6. The van der Waals surface area contributed by atoms with Crippen molar-refractivity contribution in [2.45, 2.75) is 347 Å². The summed E-state index contributed by atoms with van der Waals surface area (Å²) in [4.78, 5) is 35.1. The van der Waals surface area contributed by atoms with E-state index in [4.69, 9.17) is 24.3 Å². The van der Waals surface area contributed by atoms with Gasteiger partial charge in [0, 0.05) is 19.4 Å². The van der Waals surface area contributed by atoms with Gasteiger partial charge in [0.25, 0.3) is 0 Å². The summed E-state index contributed by atoms with van der Waals surface area (Å²) >= 11 is 0. The molecule has 10 heteroatoms. The molecule has 0 aliphatic rings. The van der Waals surface area contributed by atoms with Crippen molar-refractivity contribution in [2.75, 3.05) is 26.4 Å². The molecule has 76 heavy (non-hydrogen) atoms. The van der Waals surface area contributed by atoms with Gasteiger partial charge in [-0.05, 0) is 44.9 Å². The van der Waals surface area contributed by atoms with Crippen LogP contribution in [0.25, 0.3) is 0 Å². The van der Waals surface area contributed by atoms with Gasteiger partial charge in [0.05, 0.1) is 13.2 Å². The van der Waals surface area contributed by atoms with Crippen molar-refractivity contribution in [2.24, 2.45) is 5.73 Å². The van der Waals surface area contributed by atoms with E-state index in [-0.39, 0.29) is 38.6 Å². The van der Waals surface area contributed by atoms with Crippen LogP contribution in [0.2, 0.25) is 0 Å². The Kier molecular flexibility index (Phi) is 61.0. The zero-order valence-corrected chi connectivity index (χ0v) is 51.2. The van der Waals surface area contributed by atoms with Crippen LogP contribution >= 0.6 is 7.82 Å². The smallest absolute Gasteiger partial charge is 0.462 e. The molecule has 0 amide bonds. The van der Waals surface area contributed by atoms with Crippen LogP contribution in [0.4, 0.5) is 0 Å². The molecule has 0 aromatic rings. The first kappa shape index (κ1) is 74.2. The monoisotopic (exact) mass is 1090 g/mol. The molecule has 0 rings (SSSR count). The Morgan fingerprint density at radius 2 is 0.724 bits per heavy atom. The number of carbonyl (C=O) groups excluding carboxylic acids is 2. The number of unbranched alkanes of at least 4 members (excludes halogenated alkanes) is 44. The number of ether oxygens (including phenoxy) is 2. The molecule has 0 aliphatic carbocycles. The van der Waals surface area contributed by atoms with Crippen molar-refractivity contribution in [3.05, 3.63) is 36.5 Å². The summed E-state index contributed by atoms with van der Waals surface area (Å²) in [6.07, 6.45) is 77.0. The Bertz CT molecular complexity index is 1340. The summed E-state index contributed by atoms with van der Waals surface area (Å²) in [5, 5.41) is 0. The molecular weight excluding hydrogens is 966 g/mol. The van der Waals surface area contributed by atoms with Crippen molar-refractivity contribution in [1.82, 2.24) is 0 Å². The highest BCUT2D eigenvalue weighted by atomic mass is 31.2. The number of hydrogen-bond donors (Lipinski definition) is 2. The molecule has 0 radical (unpaired) electrons. The average molecular weight is 1090 g/mol. The third-order valence-electron chi connectivity index (χ3n) is 14.8. The highest BCUT2D eigenvalue weighted by molar-refractivity contribution is 7.47. The summed E-state index contributed by atoms with van der Waals surface area (Å²) in [6.45, 7) is 3.66. The molecule has 2 atom stereocenters. The van der Waals surface area contributed by atoms with Crippen LogP contribution < -0.4 is 5.73 Å². The van der Waals surface area contributed by atoms with Gasteiger partial charge in [0.15, 0.2) is 6.10 Å². The SMILES string of the molecule is CC/C=C\C/C=C\C/C=C\CCCCCCCC(=O)OC(COC(=O)CCCCCCCCCCCCCCCCCCCCCCCCCCCCCCCCCCCCCCCCCC)COP(=O)(O)OCCN. The minimum absolute atomic E-state index is 0.0511. The van der Waals surface area contributed by atoms with Gasteiger partial charge in [-0.3, -0.25) is 18.6 Å². The van der Waals surface area contributed by atoms with E-state index in [1.807, 2.05) is 0 Å². The van der Waals surface area contributed by atoms with Gasteiger partial charge in [-0.1, -0.05) is 320 Å². The third kappa shape index (κ3) is 61.4. The number of carbonyl (C=O) groups is 2. The normalized spacial score (nSPS) is 13.2. The minimum atomic E-state index is -4.39. The Labute approximate surface area is 471 Å². The first-order chi connectivity index (χ1) is 37.3. The topological polar surface area (TPSA) is 134 Å². The van der Waals surface area contributed by atoms with E-state index in [0.717, 1.165) is 70.6 Å². The van der Waals surface area contributed by atoms with E-state index < -0.39 is 26.5 Å². The van der Waals surface area contributed by atoms with Crippen molar-refractivity contribution >= 4 is 19.8 Å². The number of phosphoric ester groups is 1. The second-order valence-corrected chi connectivity index (χ2v) is 23.8. The lowest BCUT2D eigenvalue weighted by molar-refractivity contribution is -0.161. The highest BCUT2D eigenvalue weighted by Crippen LogP contribution is 2.43. The molecule has 0 saturated heterocycles. The molecule has 448 valence electrons. The second kappa shape index (κ2) is 62.4. The van der Waals surface area contributed by atoms with E-state index >= 15 is 0 Å². The zero-order valence-electron chi connectivity index (χ0n) is 50.3. The molecular formula is C66H126NO8P. The van der Waals surface area contributed by atoms with E-state index in [1.54, 1.807) is 0 Å². The molecule has 0 heterocycles. The summed E-state index contributed by atoms with van der Waals surface area (Å²) in [5.41, 5.74) is 5.38. The predicted octanol–water partition coefficient (Wildman–Crippen LogP) is 21.1. The number of nitrogens with two attached hydrogens (primary N) is 1. The van der Waals surface area contributed by atoms with E-state index in [0.29, 0.717) is 6.42 Å². The molecule has 0 bridgehead atoms. The molecule has 0 aromatic carbocycles. The molecule has 0 fully saturated rings. The van der Waals surface area contributed by atoms with Crippen LogP contribution in [0, 0.1) is 0 Å². The Morgan fingerprint density at radius 1 is 0.408 bits per heavy atom. The summed E-state index contributed by atoms with van der Waals surface area (Å²) < 4.78 is 33.0. The molecule has 9 nitrogen and oxygen atoms in total. The molecule has 0 saturated carbocycles. The van der Waals surface area contributed by atoms with Gasteiger partial charge in [0.1, 0.15) is 6.61 Å². The fraction of sp³-hybridized carbons (Fsp3) is 0.879. The first-order valence-electron chi connectivity index (χ1n) is 33.0. The van der Waals surface area contributed by atoms with Crippen LogP contribution in [0.15, 0.2) is 36.5 Å². The van der Waals surface area contributed by atoms with Gasteiger partial charge in [0.2, 0.25) is 0 Å². The van der Waals surface area contributed by atoms with Gasteiger partial charge < -0.3 is 20.1 Å². The molecule has 0 spiro atoms. The van der Waals surface area contributed by atoms with E-state index in [2.05, 4.69) is 50.3 Å². The summed E-state index contributed by atoms with van der Waals surface area (Å²) in [6, 6.07) is 0. The molecule has 3 N–H and O–H groups in total. The molecule has 0 aliphatic heterocycles. The zero-order chi connectivity index (χ0) is 55.2. The fourth-order valence-corrected chi connectivity index (χ4v) is 10.7. The standard InChI is InChI=1S/C66H126NO8P/c1-3-5-7-9-11-13-15-17-19-20-21-22-23-24-25-26-27-28-29-30-31-32-33-34-35-36-37-38-39-40-41-42-43-45-46-48-50-52-54-56-58-65(68)72-62-64(63-74-76(70,71)73-61-60-67)75-66(69)59-57-55-53-51-49-47-44-18-16-14-12-10-8-6-4-2/h6,8,12,14,18,44,64H,3-5,7,9-11,13,15-17,19-43,45-63,67H2,1-2H3,(H,70,71)/b8-6-,14-12-,44-18-.